The summed E-state index contributed by atoms with van der Waals surface area (Å²) in [6, 6.07) is 1.44. The quantitative estimate of drug-likeness (QED) is 0.514. The summed E-state index contributed by atoms with van der Waals surface area (Å²) in [7, 11) is 0. The highest BCUT2D eigenvalue weighted by molar-refractivity contribution is 6.54. The molecule has 0 saturated heterocycles. The molecule has 0 aromatic heterocycles. The van der Waals surface area contributed by atoms with Gasteiger partial charge < -0.3 is 6.15 Å². The third-order valence-electron chi connectivity index (χ3n) is 1.06. The number of rotatable bonds is 0. The number of benzene rings is 1. The lowest BCUT2D eigenvalue weighted by molar-refractivity contribution is 1.70. The Balaban J connectivity index is 0.00000121. The molecule has 6 heteroatoms. The van der Waals surface area contributed by atoms with E-state index in [0.717, 1.165) is 0 Å². The zero-order valence-corrected chi connectivity index (χ0v) is 9.45. The van der Waals surface area contributed by atoms with Crippen LogP contribution in [0.25, 0.3) is 0 Å². The van der Waals surface area contributed by atoms with Crippen molar-refractivity contribution in [3.63, 3.8) is 0 Å². The Labute approximate surface area is 95.1 Å². The van der Waals surface area contributed by atoms with Gasteiger partial charge in [-0.3, -0.25) is 0 Å². The zero-order valence-electron chi connectivity index (χ0n) is 5.67. The molecule has 1 rings (SSSR count). The molecule has 0 radical (unpaired) electrons. The summed E-state index contributed by atoms with van der Waals surface area (Å²) < 4.78 is 0. The van der Waals surface area contributed by atoms with Gasteiger partial charge in [0.05, 0.1) is 25.1 Å². The van der Waals surface area contributed by atoms with Crippen molar-refractivity contribution in [1.82, 2.24) is 6.15 Å². The van der Waals surface area contributed by atoms with Gasteiger partial charge >= 0.3 is 0 Å². The van der Waals surface area contributed by atoms with Crippen molar-refractivity contribution < 1.29 is 0 Å². The van der Waals surface area contributed by atoms with Gasteiger partial charge in [-0.05, 0) is 6.07 Å². The van der Waals surface area contributed by atoms with Crippen molar-refractivity contribution >= 4 is 58.0 Å². The van der Waals surface area contributed by atoms with Crippen molar-refractivity contribution in [2.24, 2.45) is 0 Å². The lowest BCUT2D eigenvalue weighted by atomic mass is 10.3. The van der Waals surface area contributed by atoms with Crippen LogP contribution in [-0.2, 0) is 0 Å². The highest BCUT2D eigenvalue weighted by Crippen LogP contribution is 2.40. The third-order valence-corrected chi connectivity index (χ3v) is 3.20. The van der Waals surface area contributed by atoms with E-state index in [1.807, 2.05) is 0 Å². The van der Waals surface area contributed by atoms with Gasteiger partial charge in [-0.2, -0.15) is 0 Å². The fraction of sp³-hybridized carbons (Fsp3) is 0. The summed E-state index contributed by atoms with van der Waals surface area (Å²) in [5.41, 5.74) is 0. The Morgan fingerprint density at radius 1 is 0.667 bits per heavy atom. The Hall–Kier alpha value is 0.630. The van der Waals surface area contributed by atoms with Crippen molar-refractivity contribution in [2.75, 3.05) is 0 Å². The minimum Gasteiger partial charge on any atom is -0.344 e. The molecule has 0 bridgehead atoms. The molecule has 1 aromatic carbocycles. The molecule has 1 nitrogen and oxygen atoms in total. The normalized spacial score (nSPS) is 9.42. The SMILES string of the molecule is Clc1cc(Cl)c(Cl)c(Cl)c1Cl.N. The molecule has 12 heavy (non-hydrogen) atoms. The summed E-state index contributed by atoms with van der Waals surface area (Å²) in [6.45, 7) is 0. The predicted octanol–water partition coefficient (Wildman–Crippen LogP) is 5.12. The molecule has 68 valence electrons. The molecule has 0 saturated carbocycles. The van der Waals surface area contributed by atoms with Crippen LogP contribution >= 0.6 is 58.0 Å². The average Bonchev–Trinajstić information content (AvgIpc) is 1.97. The van der Waals surface area contributed by atoms with Crippen molar-refractivity contribution in [3.05, 3.63) is 31.2 Å². The number of hydrogen-bond donors (Lipinski definition) is 1. The van der Waals surface area contributed by atoms with Gasteiger partial charge in [0.1, 0.15) is 0 Å². The van der Waals surface area contributed by atoms with E-state index in [9.17, 15) is 0 Å². The maximum Gasteiger partial charge on any atom is 0.0808 e. The van der Waals surface area contributed by atoms with Crippen LogP contribution in [0.4, 0.5) is 0 Å². The smallest absolute Gasteiger partial charge is 0.0808 e. The molecule has 0 amide bonds. The first-order valence-electron chi connectivity index (χ1n) is 2.52. The minimum absolute atomic E-state index is 0. The monoisotopic (exact) mass is 265 g/mol. The van der Waals surface area contributed by atoms with Crippen LogP contribution < -0.4 is 6.15 Å². The van der Waals surface area contributed by atoms with Gasteiger partial charge in [-0.15, -0.1) is 0 Å². The van der Waals surface area contributed by atoms with Gasteiger partial charge in [0.2, 0.25) is 0 Å². The first-order valence-corrected chi connectivity index (χ1v) is 4.41. The Morgan fingerprint density at radius 3 is 1.33 bits per heavy atom. The molecule has 0 unspecified atom stereocenters. The predicted molar refractivity (Wildman–Crippen MR) is 56.5 cm³/mol. The van der Waals surface area contributed by atoms with E-state index in [2.05, 4.69) is 0 Å². The van der Waals surface area contributed by atoms with Crippen LogP contribution in [0.2, 0.25) is 25.1 Å². The maximum absolute atomic E-state index is 5.66. The topological polar surface area (TPSA) is 35.0 Å². The molecule has 0 spiro atoms. The molecule has 0 aliphatic heterocycles. The molecule has 0 fully saturated rings. The van der Waals surface area contributed by atoms with Crippen LogP contribution in [0.3, 0.4) is 0 Å². The second-order valence-corrected chi connectivity index (χ2v) is 3.73. The average molecular weight is 267 g/mol. The number of halogens is 5. The summed E-state index contributed by atoms with van der Waals surface area (Å²) in [4.78, 5) is 0. The zero-order chi connectivity index (χ0) is 8.59. The van der Waals surface area contributed by atoms with E-state index in [0.29, 0.717) is 10.0 Å². The lowest BCUT2D eigenvalue weighted by Crippen LogP contribution is -1.75. The third kappa shape index (κ3) is 2.32. The second-order valence-electron chi connectivity index (χ2n) is 1.78. The van der Waals surface area contributed by atoms with Crippen LogP contribution in [-0.4, -0.2) is 0 Å². The van der Waals surface area contributed by atoms with E-state index < -0.39 is 0 Å². The summed E-state index contributed by atoms with van der Waals surface area (Å²) >= 11 is 28.2. The van der Waals surface area contributed by atoms with Gasteiger partial charge in [-0.1, -0.05) is 58.0 Å². The van der Waals surface area contributed by atoms with Gasteiger partial charge in [-0.25, -0.2) is 0 Å². The van der Waals surface area contributed by atoms with Crippen LogP contribution in [0.1, 0.15) is 0 Å². The van der Waals surface area contributed by atoms with Crippen molar-refractivity contribution in [3.8, 4) is 0 Å². The lowest BCUT2D eigenvalue weighted by Gasteiger charge is -2.02. The van der Waals surface area contributed by atoms with Gasteiger partial charge in [0, 0.05) is 0 Å². The van der Waals surface area contributed by atoms with E-state index in [1.54, 1.807) is 0 Å². The van der Waals surface area contributed by atoms with Gasteiger partial charge in [0.25, 0.3) is 0 Å². The standard InChI is InChI=1S/C6HCl5.H3N/c7-2-1-3(8)5(10)6(11)4(2)9;/h1H;1H3. The molecule has 0 aliphatic carbocycles. The van der Waals surface area contributed by atoms with E-state index in [4.69, 9.17) is 58.0 Å². The second kappa shape index (κ2) is 4.75. The molecular weight excluding hydrogens is 263 g/mol. The first-order chi connectivity index (χ1) is 5.04. The van der Waals surface area contributed by atoms with E-state index >= 15 is 0 Å². The summed E-state index contributed by atoms with van der Waals surface area (Å²) in [5, 5.41) is 1.23. The van der Waals surface area contributed by atoms with Crippen LogP contribution in [0.15, 0.2) is 6.07 Å². The summed E-state index contributed by atoms with van der Waals surface area (Å²) in [6.07, 6.45) is 0. The van der Waals surface area contributed by atoms with Gasteiger partial charge in [0.15, 0.2) is 0 Å². The molecule has 3 N–H and O–H groups in total. The highest BCUT2D eigenvalue weighted by Gasteiger charge is 2.10. The Morgan fingerprint density at radius 2 is 1.00 bits per heavy atom. The fourth-order valence-electron chi connectivity index (χ4n) is 0.544. The summed E-state index contributed by atoms with van der Waals surface area (Å²) in [5.74, 6) is 0. The molecule has 0 aliphatic rings. The molecule has 1 aromatic rings. The van der Waals surface area contributed by atoms with Crippen molar-refractivity contribution in [2.45, 2.75) is 0 Å². The largest absolute Gasteiger partial charge is 0.344 e. The molecule has 0 heterocycles. The molecular formula is C6H4Cl5N. The fourth-order valence-corrected chi connectivity index (χ4v) is 1.65. The van der Waals surface area contributed by atoms with E-state index in [-0.39, 0.29) is 21.2 Å². The first kappa shape index (κ1) is 12.6. The van der Waals surface area contributed by atoms with Crippen LogP contribution in [0, 0.1) is 0 Å². The maximum atomic E-state index is 5.66. The highest BCUT2D eigenvalue weighted by atomic mass is 35.5. The minimum atomic E-state index is 0. The van der Waals surface area contributed by atoms with E-state index in [1.165, 1.54) is 6.07 Å². The van der Waals surface area contributed by atoms with Crippen molar-refractivity contribution in [1.29, 1.82) is 0 Å². The Kier molecular flexibility index (Phi) is 5.00. The van der Waals surface area contributed by atoms with Crippen LogP contribution in [0.5, 0.6) is 0 Å². The number of hydrogen-bond acceptors (Lipinski definition) is 1. The molecule has 0 atom stereocenters. The Bertz CT molecular complexity index is 272.